The summed E-state index contributed by atoms with van der Waals surface area (Å²) in [6.45, 7) is 2.24. The maximum Gasteiger partial charge on any atom is 0.179 e. The average molecular weight is 256 g/mol. The lowest BCUT2D eigenvalue weighted by molar-refractivity contribution is 0.507. The maximum atomic E-state index is 6.08. The first-order chi connectivity index (χ1) is 9.24. The monoisotopic (exact) mass is 256 g/mol. The fourth-order valence-electron chi connectivity index (χ4n) is 3.29. The molecule has 0 amide bonds. The van der Waals surface area contributed by atoms with Gasteiger partial charge in [-0.1, -0.05) is 6.92 Å². The van der Waals surface area contributed by atoms with Gasteiger partial charge in [0.25, 0.3) is 0 Å². The Morgan fingerprint density at radius 1 is 1.37 bits per heavy atom. The van der Waals surface area contributed by atoms with Crippen molar-refractivity contribution >= 4 is 16.8 Å². The zero-order valence-corrected chi connectivity index (χ0v) is 10.7. The van der Waals surface area contributed by atoms with Gasteiger partial charge in [-0.2, -0.15) is 0 Å². The smallest absolute Gasteiger partial charge is 0.179 e. The van der Waals surface area contributed by atoms with Gasteiger partial charge >= 0.3 is 0 Å². The van der Waals surface area contributed by atoms with Gasteiger partial charge in [-0.05, 0) is 24.8 Å². The molecule has 1 aliphatic carbocycles. The molecule has 1 fully saturated rings. The highest BCUT2D eigenvalue weighted by atomic mass is 15.3. The lowest BCUT2D eigenvalue weighted by Crippen LogP contribution is -2.15. The van der Waals surface area contributed by atoms with Crippen LogP contribution in [-0.4, -0.2) is 30.6 Å². The van der Waals surface area contributed by atoms with Crippen molar-refractivity contribution in [2.75, 3.05) is 0 Å². The minimum absolute atomic E-state index is 0.274. The third-order valence-electron chi connectivity index (χ3n) is 4.22. The van der Waals surface area contributed by atoms with Crippen LogP contribution in [0, 0.1) is 5.92 Å². The molecule has 0 aliphatic heterocycles. The maximum absolute atomic E-state index is 6.08. The second-order valence-corrected chi connectivity index (χ2v) is 5.54. The summed E-state index contributed by atoms with van der Waals surface area (Å²) >= 11 is 0. The zero-order chi connectivity index (χ0) is 13.0. The number of aromatic nitrogens is 5. The van der Waals surface area contributed by atoms with E-state index in [1.165, 1.54) is 0 Å². The Balaban J connectivity index is 1.97. The van der Waals surface area contributed by atoms with E-state index in [1.807, 2.05) is 12.3 Å². The third-order valence-corrected chi connectivity index (χ3v) is 4.22. The first-order valence-electron chi connectivity index (χ1n) is 6.66. The molecule has 0 aromatic carbocycles. The summed E-state index contributed by atoms with van der Waals surface area (Å²) in [5, 5.41) is 8.64. The number of rotatable bonds is 1. The van der Waals surface area contributed by atoms with Crippen LogP contribution in [0.1, 0.15) is 31.5 Å². The molecule has 1 saturated carbocycles. The third kappa shape index (κ3) is 1.49. The molecule has 0 saturated heterocycles. The van der Waals surface area contributed by atoms with Crippen LogP contribution in [0.2, 0.25) is 0 Å². The van der Waals surface area contributed by atoms with E-state index in [-0.39, 0.29) is 6.04 Å². The topological polar surface area (TPSA) is 84.9 Å². The molecule has 6 heteroatoms. The predicted molar refractivity (Wildman–Crippen MR) is 71.8 cm³/mol. The molecule has 3 aromatic rings. The van der Waals surface area contributed by atoms with Gasteiger partial charge in [-0.3, -0.25) is 4.40 Å². The highest BCUT2D eigenvalue weighted by molar-refractivity contribution is 5.74. The van der Waals surface area contributed by atoms with Gasteiger partial charge in [0, 0.05) is 18.2 Å². The van der Waals surface area contributed by atoms with Crippen LogP contribution in [-0.2, 0) is 0 Å². The molecule has 4 rings (SSSR count). The lowest BCUT2D eigenvalue weighted by Gasteiger charge is -2.13. The van der Waals surface area contributed by atoms with Gasteiger partial charge in [-0.15, -0.1) is 10.2 Å². The Kier molecular flexibility index (Phi) is 2.17. The van der Waals surface area contributed by atoms with Gasteiger partial charge in [0.15, 0.2) is 11.3 Å². The highest BCUT2D eigenvalue weighted by Gasteiger charge is 2.33. The van der Waals surface area contributed by atoms with E-state index in [0.29, 0.717) is 11.8 Å². The number of nitrogens with two attached hydrogens (primary N) is 1. The van der Waals surface area contributed by atoms with Crippen LogP contribution < -0.4 is 5.73 Å². The Labute approximate surface area is 110 Å². The van der Waals surface area contributed by atoms with E-state index in [9.17, 15) is 0 Å². The Bertz CT molecular complexity index is 742. The van der Waals surface area contributed by atoms with Crippen LogP contribution in [0.25, 0.3) is 16.8 Å². The summed E-state index contributed by atoms with van der Waals surface area (Å²) < 4.78 is 2.11. The fraction of sp³-hybridized carbons (Fsp3) is 0.462. The molecule has 3 aromatic heterocycles. The number of hydrogen-bond acceptors (Lipinski definition) is 4. The van der Waals surface area contributed by atoms with E-state index in [1.54, 1.807) is 6.20 Å². The molecule has 3 atom stereocenters. The van der Waals surface area contributed by atoms with Gasteiger partial charge < -0.3 is 10.7 Å². The van der Waals surface area contributed by atoms with E-state index >= 15 is 0 Å². The number of aromatic amines is 1. The summed E-state index contributed by atoms with van der Waals surface area (Å²) in [6, 6.07) is 2.29. The van der Waals surface area contributed by atoms with Gasteiger partial charge in [0.05, 0.1) is 11.7 Å². The molecule has 0 spiro atoms. The van der Waals surface area contributed by atoms with Crippen LogP contribution in [0.15, 0.2) is 18.5 Å². The van der Waals surface area contributed by atoms with Gasteiger partial charge in [-0.25, -0.2) is 4.98 Å². The van der Waals surface area contributed by atoms with E-state index < -0.39 is 0 Å². The van der Waals surface area contributed by atoms with E-state index in [4.69, 9.17) is 5.73 Å². The molecular formula is C13H16N6. The Hall–Kier alpha value is -1.95. The summed E-state index contributed by atoms with van der Waals surface area (Å²) in [6.07, 6.45) is 5.69. The average Bonchev–Trinajstić information content (AvgIpc) is 3.05. The van der Waals surface area contributed by atoms with Crippen molar-refractivity contribution in [3.8, 4) is 0 Å². The van der Waals surface area contributed by atoms with Crippen molar-refractivity contribution in [1.29, 1.82) is 0 Å². The first kappa shape index (κ1) is 10.9. The number of hydrogen-bond donors (Lipinski definition) is 2. The number of nitrogens with zero attached hydrogens (tertiary/aromatic N) is 4. The number of fused-ring (bicyclic) bond motifs is 3. The molecular weight excluding hydrogens is 240 g/mol. The second kappa shape index (κ2) is 3.77. The van der Waals surface area contributed by atoms with Crippen LogP contribution >= 0.6 is 0 Å². The Morgan fingerprint density at radius 2 is 2.26 bits per heavy atom. The van der Waals surface area contributed by atoms with Crippen molar-refractivity contribution in [2.24, 2.45) is 11.7 Å². The number of H-pyrrole nitrogens is 1. The zero-order valence-electron chi connectivity index (χ0n) is 10.7. The molecule has 0 radical (unpaired) electrons. The van der Waals surface area contributed by atoms with E-state index in [0.717, 1.165) is 35.5 Å². The second-order valence-electron chi connectivity index (χ2n) is 5.54. The SMILES string of the molecule is CC1CC(N)CC1c1nnc2cnc3[nH]ccc3n12. The van der Waals surface area contributed by atoms with Crippen molar-refractivity contribution in [3.63, 3.8) is 0 Å². The normalized spacial score (nSPS) is 27.6. The molecule has 19 heavy (non-hydrogen) atoms. The first-order valence-corrected chi connectivity index (χ1v) is 6.66. The predicted octanol–water partition coefficient (Wildman–Crippen LogP) is 1.45. The molecule has 98 valence electrons. The van der Waals surface area contributed by atoms with Crippen molar-refractivity contribution in [2.45, 2.75) is 31.7 Å². The lowest BCUT2D eigenvalue weighted by atomic mass is 9.97. The molecule has 3 N–H and O–H groups in total. The Morgan fingerprint density at radius 3 is 3.05 bits per heavy atom. The van der Waals surface area contributed by atoms with Crippen molar-refractivity contribution in [1.82, 2.24) is 24.6 Å². The van der Waals surface area contributed by atoms with Crippen LogP contribution in [0.4, 0.5) is 0 Å². The minimum Gasteiger partial charge on any atom is -0.345 e. The summed E-state index contributed by atoms with van der Waals surface area (Å²) in [5.41, 5.74) is 8.78. The summed E-state index contributed by atoms with van der Waals surface area (Å²) in [7, 11) is 0. The minimum atomic E-state index is 0.274. The highest BCUT2D eigenvalue weighted by Crippen LogP contribution is 2.38. The molecule has 6 nitrogen and oxygen atoms in total. The van der Waals surface area contributed by atoms with E-state index in [2.05, 4.69) is 31.5 Å². The summed E-state index contributed by atoms with van der Waals surface area (Å²) in [5.74, 6) is 1.94. The standard InChI is InChI=1S/C13H16N6/c1-7-4-8(14)5-9(7)13-18-17-11-6-16-12-10(19(11)13)2-3-15-12/h2-3,6-9,15H,4-5,14H2,1H3. The fourth-order valence-corrected chi connectivity index (χ4v) is 3.29. The quantitative estimate of drug-likeness (QED) is 0.690. The molecule has 0 bridgehead atoms. The number of nitrogens with one attached hydrogen (secondary N) is 1. The van der Waals surface area contributed by atoms with Crippen LogP contribution in [0.5, 0.6) is 0 Å². The van der Waals surface area contributed by atoms with Gasteiger partial charge in [0.1, 0.15) is 5.82 Å². The van der Waals surface area contributed by atoms with Crippen molar-refractivity contribution < 1.29 is 0 Å². The largest absolute Gasteiger partial charge is 0.345 e. The van der Waals surface area contributed by atoms with Crippen molar-refractivity contribution in [3.05, 3.63) is 24.3 Å². The molecule has 3 unspecified atom stereocenters. The summed E-state index contributed by atoms with van der Waals surface area (Å²) in [4.78, 5) is 7.47. The van der Waals surface area contributed by atoms with Gasteiger partial charge in [0.2, 0.25) is 0 Å². The molecule has 3 heterocycles. The molecule has 1 aliphatic rings. The van der Waals surface area contributed by atoms with Crippen LogP contribution in [0.3, 0.4) is 0 Å².